The molecular weight excluding hydrogens is 272 g/mol. The van der Waals surface area contributed by atoms with Crippen LogP contribution in [0.2, 0.25) is 0 Å². The SMILES string of the molecule is CCCCCCCCOc1ccc(C2=CCC(=O)CC2)cc1. The maximum atomic E-state index is 11.3. The predicted octanol–water partition coefficient (Wildman–Crippen LogP) is 5.56. The molecule has 0 fully saturated rings. The largest absolute Gasteiger partial charge is 0.494 e. The molecule has 1 aliphatic rings. The first-order valence-electron chi connectivity index (χ1n) is 8.73. The third-order valence-corrected chi connectivity index (χ3v) is 4.24. The molecule has 0 aromatic heterocycles. The van der Waals surface area contributed by atoms with E-state index in [1.807, 2.05) is 12.1 Å². The van der Waals surface area contributed by atoms with E-state index in [4.69, 9.17) is 4.74 Å². The zero-order valence-electron chi connectivity index (χ0n) is 13.8. The minimum atomic E-state index is 0.350. The Kier molecular flexibility index (Phi) is 7.21. The lowest BCUT2D eigenvalue weighted by Gasteiger charge is -2.13. The number of allylic oxidation sites excluding steroid dienone is 2. The summed E-state index contributed by atoms with van der Waals surface area (Å²) in [6, 6.07) is 8.31. The number of ketones is 1. The number of rotatable bonds is 9. The van der Waals surface area contributed by atoms with E-state index in [1.165, 1.54) is 43.2 Å². The summed E-state index contributed by atoms with van der Waals surface area (Å²) in [5.41, 5.74) is 2.52. The van der Waals surface area contributed by atoms with E-state index in [9.17, 15) is 4.79 Å². The summed E-state index contributed by atoms with van der Waals surface area (Å²) in [5.74, 6) is 1.30. The minimum absolute atomic E-state index is 0.350. The fourth-order valence-corrected chi connectivity index (χ4v) is 2.82. The highest BCUT2D eigenvalue weighted by atomic mass is 16.5. The molecular formula is C20H28O2. The third-order valence-electron chi connectivity index (χ3n) is 4.24. The van der Waals surface area contributed by atoms with Gasteiger partial charge in [-0.05, 0) is 36.1 Å². The fraction of sp³-hybridized carbons (Fsp3) is 0.550. The first-order chi connectivity index (χ1) is 10.8. The van der Waals surface area contributed by atoms with Crippen LogP contribution in [-0.4, -0.2) is 12.4 Å². The van der Waals surface area contributed by atoms with Crippen molar-refractivity contribution in [1.82, 2.24) is 0 Å². The van der Waals surface area contributed by atoms with Gasteiger partial charge in [-0.3, -0.25) is 4.79 Å². The van der Waals surface area contributed by atoms with Crippen LogP contribution < -0.4 is 4.74 Å². The normalized spacial score (nSPS) is 14.8. The van der Waals surface area contributed by atoms with Gasteiger partial charge in [0.25, 0.3) is 0 Å². The molecule has 0 unspecified atom stereocenters. The molecule has 2 heteroatoms. The van der Waals surface area contributed by atoms with Gasteiger partial charge in [-0.25, -0.2) is 0 Å². The van der Waals surface area contributed by atoms with Gasteiger partial charge < -0.3 is 4.74 Å². The smallest absolute Gasteiger partial charge is 0.137 e. The topological polar surface area (TPSA) is 26.3 Å². The molecule has 0 saturated heterocycles. The Balaban J connectivity index is 1.70. The first kappa shape index (κ1) is 16.8. The van der Waals surface area contributed by atoms with Crippen LogP contribution >= 0.6 is 0 Å². The van der Waals surface area contributed by atoms with Gasteiger partial charge in [-0.15, -0.1) is 0 Å². The Hall–Kier alpha value is -1.57. The lowest BCUT2D eigenvalue weighted by molar-refractivity contribution is -0.118. The molecule has 0 radical (unpaired) electrons. The summed E-state index contributed by atoms with van der Waals surface area (Å²) in [6.45, 7) is 3.05. The number of ether oxygens (including phenoxy) is 1. The van der Waals surface area contributed by atoms with Crippen molar-refractivity contribution in [1.29, 1.82) is 0 Å². The van der Waals surface area contributed by atoms with Crippen molar-refractivity contribution in [3.8, 4) is 5.75 Å². The summed E-state index contributed by atoms with van der Waals surface area (Å²) in [4.78, 5) is 11.3. The first-order valence-corrected chi connectivity index (χ1v) is 8.73. The summed E-state index contributed by atoms with van der Waals surface area (Å²) < 4.78 is 5.80. The highest BCUT2D eigenvalue weighted by Gasteiger charge is 2.11. The van der Waals surface area contributed by atoms with E-state index >= 15 is 0 Å². The van der Waals surface area contributed by atoms with Crippen molar-refractivity contribution < 1.29 is 9.53 Å². The Morgan fingerprint density at radius 3 is 2.36 bits per heavy atom. The predicted molar refractivity (Wildman–Crippen MR) is 92.1 cm³/mol. The number of hydrogen-bond donors (Lipinski definition) is 0. The van der Waals surface area contributed by atoms with E-state index in [2.05, 4.69) is 25.1 Å². The zero-order valence-corrected chi connectivity index (χ0v) is 13.8. The molecule has 0 amide bonds. The number of carbonyl (C=O) groups excluding carboxylic acids is 1. The van der Waals surface area contributed by atoms with Gasteiger partial charge in [0.15, 0.2) is 0 Å². The molecule has 2 nitrogen and oxygen atoms in total. The van der Waals surface area contributed by atoms with Crippen molar-refractivity contribution >= 4 is 11.4 Å². The van der Waals surface area contributed by atoms with Crippen LogP contribution in [0.25, 0.3) is 5.57 Å². The van der Waals surface area contributed by atoms with Crippen molar-refractivity contribution in [2.75, 3.05) is 6.61 Å². The number of hydrogen-bond acceptors (Lipinski definition) is 2. The summed E-state index contributed by atoms with van der Waals surface area (Å²) in [7, 11) is 0. The van der Waals surface area contributed by atoms with Gasteiger partial charge in [0.2, 0.25) is 0 Å². The van der Waals surface area contributed by atoms with Crippen LogP contribution in [-0.2, 0) is 4.79 Å². The Bertz CT molecular complexity index is 485. The van der Waals surface area contributed by atoms with Gasteiger partial charge in [0, 0.05) is 12.8 Å². The maximum absolute atomic E-state index is 11.3. The van der Waals surface area contributed by atoms with Crippen LogP contribution in [0.3, 0.4) is 0 Å². The number of Topliss-reactive ketones (excluding diaryl/α,β-unsaturated/α-hetero) is 1. The lowest BCUT2D eigenvalue weighted by Crippen LogP contribution is -2.03. The second kappa shape index (κ2) is 9.45. The average molecular weight is 300 g/mol. The molecule has 120 valence electrons. The highest BCUT2D eigenvalue weighted by molar-refractivity contribution is 5.86. The standard InChI is InChI=1S/C20H28O2/c1-2-3-4-5-6-7-16-22-20-14-10-18(11-15-20)17-8-12-19(21)13-9-17/h8,10-11,14-15H,2-7,9,12-13,16H2,1H3. The van der Waals surface area contributed by atoms with E-state index in [0.717, 1.165) is 25.2 Å². The molecule has 2 rings (SSSR count). The molecule has 1 aromatic carbocycles. The Labute approximate surface area is 134 Å². The molecule has 0 atom stereocenters. The molecule has 0 saturated carbocycles. The van der Waals surface area contributed by atoms with E-state index in [0.29, 0.717) is 18.6 Å². The fourth-order valence-electron chi connectivity index (χ4n) is 2.82. The minimum Gasteiger partial charge on any atom is -0.494 e. The molecule has 0 spiro atoms. The van der Waals surface area contributed by atoms with Crippen molar-refractivity contribution in [2.24, 2.45) is 0 Å². The van der Waals surface area contributed by atoms with Gasteiger partial charge in [0.05, 0.1) is 6.61 Å². The average Bonchev–Trinajstić information content (AvgIpc) is 2.55. The van der Waals surface area contributed by atoms with Gasteiger partial charge in [0.1, 0.15) is 11.5 Å². The maximum Gasteiger partial charge on any atom is 0.137 e. The molecule has 0 N–H and O–H groups in total. The van der Waals surface area contributed by atoms with Gasteiger partial charge >= 0.3 is 0 Å². The third kappa shape index (κ3) is 5.67. The second-order valence-corrected chi connectivity index (χ2v) is 6.11. The number of unbranched alkanes of at least 4 members (excludes halogenated alkanes) is 5. The summed E-state index contributed by atoms with van der Waals surface area (Å²) in [6.07, 6.45) is 11.9. The van der Waals surface area contributed by atoms with Gasteiger partial charge in [-0.2, -0.15) is 0 Å². The van der Waals surface area contributed by atoms with Gasteiger partial charge in [-0.1, -0.05) is 57.2 Å². The lowest BCUT2D eigenvalue weighted by atomic mass is 9.93. The second-order valence-electron chi connectivity index (χ2n) is 6.11. The molecule has 1 aromatic rings. The monoisotopic (exact) mass is 300 g/mol. The molecule has 0 heterocycles. The van der Waals surface area contributed by atoms with Crippen molar-refractivity contribution in [2.45, 2.75) is 64.7 Å². The van der Waals surface area contributed by atoms with Crippen LogP contribution in [0.4, 0.5) is 0 Å². The number of benzene rings is 1. The molecule has 1 aliphatic carbocycles. The zero-order chi connectivity index (χ0) is 15.6. The quantitative estimate of drug-likeness (QED) is 0.558. The van der Waals surface area contributed by atoms with Crippen LogP contribution in [0.1, 0.15) is 70.3 Å². The van der Waals surface area contributed by atoms with E-state index in [-0.39, 0.29) is 0 Å². The van der Waals surface area contributed by atoms with Crippen molar-refractivity contribution in [3.63, 3.8) is 0 Å². The molecule has 0 aliphatic heterocycles. The Morgan fingerprint density at radius 2 is 1.68 bits per heavy atom. The number of carbonyl (C=O) groups is 1. The highest BCUT2D eigenvalue weighted by Crippen LogP contribution is 2.26. The van der Waals surface area contributed by atoms with Crippen LogP contribution in [0, 0.1) is 0 Å². The summed E-state index contributed by atoms with van der Waals surface area (Å²) >= 11 is 0. The summed E-state index contributed by atoms with van der Waals surface area (Å²) in [5, 5.41) is 0. The van der Waals surface area contributed by atoms with E-state index in [1.54, 1.807) is 0 Å². The molecule has 0 bridgehead atoms. The van der Waals surface area contributed by atoms with Crippen LogP contribution in [0.15, 0.2) is 30.3 Å². The van der Waals surface area contributed by atoms with Crippen LogP contribution in [0.5, 0.6) is 5.75 Å². The van der Waals surface area contributed by atoms with Crippen molar-refractivity contribution in [3.05, 3.63) is 35.9 Å². The Morgan fingerprint density at radius 1 is 0.955 bits per heavy atom. The van der Waals surface area contributed by atoms with E-state index < -0.39 is 0 Å². The molecule has 22 heavy (non-hydrogen) atoms.